The third-order valence-electron chi connectivity index (χ3n) is 6.14. The van der Waals surface area contributed by atoms with Gasteiger partial charge in [0.1, 0.15) is 17.3 Å². The van der Waals surface area contributed by atoms with E-state index < -0.39 is 56.1 Å². The van der Waals surface area contributed by atoms with E-state index in [-0.39, 0.29) is 22.1 Å². The Balaban J connectivity index is 1.81. The van der Waals surface area contributed by atoms with Crippen molar-refractivity contribution in [3.63, 3.8) is 0 Å². The number of esters is 1. The third-order valence-corrected chi connectivity index (χ3v) is 7.52. The molecule has 37 heavy (non-hydrogen) atoms. The van der Waals surface area contributed by atoms with Gasteiger partial charge in [0.25, 0.3) is 5.92 Å². The van der Waals surface area contributed by atoms with E-state index in [0.717, 1.165) is 24.5 Å². The molecule has 0 spiro atoms. The standard InChI is InChI=1S/C26H22ClF3O6S/c1-25(34-2,15-7-5-4-6-8-15)24(31)36-23-22-19(14-26(23,29)30)20(9-10-21(22)37(3,32)33)35-18-12-16(27)11-17(28)13-18/h4-13,23H,14H2,1-3H3/t23-,25-/m0/s1. The topological polar surface area (TPSA) is 78.9 Å². The van der Waals surface area contributed by atoms with Crippen molar-refractivity contribution in [1.82, 2.24) is 0 Å². The summed E-state index contributed by atoms with van der Waals surface area (Å²) in [7, 11) is -2.81. The van der Waals surface area contributed by atoms with E-state index in [1.165, 1.54) is 26.2 Å². The lowest BCUT2D eigenvalue weighted by molar-refractivity contribution is -0.193. The van der Waals surface area contributed by atoms with Crippen LogP contribution in [0.15, 0.2) is 65.6 Å². The molecule has 0 fully saturated rings. The highest BCUT2D eigenvalue weighted by Gasteiger charge is 2.55. The minimum Gasteiger partial charge on any atom is -0.457 e. The zero-order valence-corrected chi connectivity index (χ0v) is 21.5. The lowest BCUT2D eigenvalue weighted by Gasteiger charge is -2.30. The van der Waals surface area contributed by atoms with Gasteiger partial charge >= 0.3 is 5.97 Å². The number of sulfone groups is 1. The summed E-state index contributed by atoms with van der Waals surface area (Å²) in [6.07, 6.45) is -2.39. The molecule has 0 bridgehead atoms. The van der Waals surface area contributed by atoms with Crippen LogP contribution in [-0.4, -0.2) is 33.7 Å². The highest BCUT2D eigenvalue weighted by atomic mass is 35.5. The van der Waals surface area contributed by atoms with E-state index in [9.17, 15) is 17.6 Å². The third kappa shape index (κ3) is 5.18. The molecule has 1 aliphatic rings. The first-order chi connectivity index (χ1) is 17.3. The van der Waals surface area contributed by atoms with E-state index in [1.807, 2.05) is 0 Å². The number of benzene rings is 3. The lowest BCUT2D eigenvalue weighted by Crippen LogP contribution is -2.39. The number of ether oxygens (including phenoxy) is 3. The molecule has 0 heterocycles. The zero-order valence-electron chi connectivity index (χ0n) is 19.9. The molecule has 0 radical (unpaired) electrons. The second-order valence-electron chi connectivity index (χ2n) is 8.76. The molecule has 2 atom stereocenters. The summed E-state index contributed by atoms with van der Waals surface area (Å²) in [5.41, 5.74) is -2.00. The van der Waals surface area contributed by atoms with Gasteiger partial charge < -0.3 is 14.2 Å². The Morgan fingerprint density at radius 3 is 2.38 bits per heavy atom. The Kier molecular flexibility index (Phi) is 7.04. The molecule has 3 aromatic rings. The van der Waals surface area contributed by atoms with Crippen molar-refractivity contribution in [2.24, 2.45) is 0 Å². The Labute approximate surface area is 216 Å². The Bertz CT molecular complexity index is 1440. The molecule has 0 amide bonds. The molecule has 11 heteroatoms. The van der Waals surface area contributed by atoms with Crippen LogP contribution in [0.25, 0.3) is 0 Å². The molecule has 0 aliphatic heterocycles. The summed E-state index contributed by atoms with van der Waals surface area (Å²) in [5.74, 6) is -5.79. The smallest absolute Gasteiger partial charge is 0.343 e. The van der Waals surface area contributed by atoms with Crippen LogP contribution in [0, 0.1) is 5.82 Å². The quantitative estimate of drug-likeness (QED) is 0.333. The van der Waals surface area contributed by atoms with Gasteiger partial charge in [0.15, 0.2) is 21.5 Å². The van der Waals surface area contributed by atoms with Crippen LogP contribution in [0.3, 0.4) is 0 Å². The predicted molar refractivity (Wildman–Crippen MR) is 129 cm³/mol. The Morgan fingerprint density at radius 1 is 1.11 bits per heavy atom. The van der Waals surface area contributed by atoms with Gasteiger partial charge in [-0.1, -0.05) is 41.9 Å². The fraction of sp³-hybridized carbons (Fsp3) is 0.269. The molecule has 0 saturated heterocycles. The summed E-state index contributed by atoms with van der Waals surface area (Å²) in [5, 5.41) is 0.0105. The van der Waals surface area contributed by atoms with Crippen molar-refractivity contribution in [2.45, 2.75) is 35.9 Å². The SMILES string of the molecule is CO[C@](C)(C(=O)O[C@H]1c2c(S(C)(=O)=O)ccc(Oc3cc(F)cc(Cl)c3)c2CC1(F)F)c1ccccc1. The molecule has 0 saturated carbocycles. The number of methoxy groups -OCH3 is 1. The molecular formula is C26H22ClF3O6S. The molecule has 6 nitrogen and oxygen atoms in total. The van der Waals surface area contributed by atoms with Gasteiger partial charge in [-0.05, 0) is 36.8 Å². The van der Waals surface area contributed by atoms with Crippen molar-refractivity contribution < 1.29 is 40.6 Å². The summed E-state index contributed by atoms with van der Waals surface area (Å²) in [4.78, 5) is 12.8. The first-order valence-electron chi connectivity index (χ1n) is 11.0. The first-order valence-corrected chi connectivity index (χ1v) is 13.2. The van der Waals surface area contributed by atoms with E-state index in [0.29, 0.717) is 5.56 Å². The van der Waals surface area contributed by atoms with Crippen LogP contribution in [-0.2, 0) is 36.1 Å². The maximum atomic E-state index is 15.4. The summed E-state index contributed by atoms with van der Waals surface area (Å²) in [6, 6.07) is 13.7. The second-order valence-corrected chi connectivity index (χ2v) is 11.2. The largest absolute Gasteiger partial charge is 0.457 e. The molecule has 3 aromatic carbocycles. The highest BCUT2D eigenvalue weighted by Crippen LogP contribution is 2.52. The van der Waals surface area contributed by atoms with E-state index in [4.69, 9.17) is 25.8 Å². The van der Waals surface area contributed by atoms with Gasteiger partial charge in [0.2, 0.25) is 0 Å². The number of hydrogen-bond acceptors (Lipinski definition) is 6. The number of hydrogen-bond donors (Lipinski definition) is 0. The van der Waals surface area contributed by atoms with Crippen molar-refractivity contribution in [3.8, 4) is 11.5 Å². The normalized spacial score (nSPS) is 18.1. The van der Waals surface area contributed by atoms with Crippen LogP contribution in [0.1, 0.15) is 29.7 Å². The van der Waals surface area contributed by atoms with Gasteiger partial charge in [-0.2, -0.15) is 0 Å². The average molecular weight is 555 g/mol. The Morgan fingerprint density at radius 2 is 1.78 bits per heavy atom. The van der Waals surface area contributed by atoms with Gasteiger partial charge in [-0.25, -0.2) is 26.4 Å². The number of carbonyl (C=O) groups excluding carboxylic acids is 1. The van der Waals surface area contributed by atoms with E-state index in [2.05, 4.69) is 0 Å². The number of alkyl halides is 2. The number of carbonyl (C=O) groups is 1. The molecule has 0 N–H and O–H groups in total. The minimum absolute atomic E-state index is 0.0105. The minimum atomic E-state index is -4.04. The molecule has 0 unspecified atom stereocenters. The van der Waals surface area contributed by atoms with Gasteiger partial charge in [0.05, 0.1) is 4.90 Å². The molecule has 0 aromatic heterocycles. The number of rotatable bonds is 7. The average Bonchev–Trinajstić information content (AvgIpc) is 3.08. The zero-order chi connectivity index (χ0) is 27.2. The predicted octanol–water partition coefficient (Wildman–Crippen LogP) is 6.01. The maximum absolute atomic E-state index is 15.4. The lowest BCUT2D eigenvalue weighted by atomic mass is 9.95. The molecular weight excluding hydrogens is 533 g/mol. The number of fused-ring (bicyclic) bond motifs is 1. The number of halogens is 4. The van der Waals surface area contributed by atoms with Gasteiger partial charge in [-0.3, -0.25) is 0 Å². The van der Waals surface area contributed by atoms with Gasteiger partial charge in [0, 0.05) is 42.0 Å². The van der Waals surface area contributed by atoms with Crippen molar-refractivity contribution >= 4 is 27.4 Å². The first kappa shape index (κ1) is 27.0. The van der Waals surface area contributed by atoms with Crippen LogP contribution >= 0.6 is 11.6 Å². The summed E-state index contributed by atoms with van der Waals surface area (Å²) < 4.78 is 86.1. The van der Waals surface area contributed by atoms with E-state index in [1.54, 1.807) is 30.3 Å². The van der Waals surface area contributed by atoms with Crippen LogP contribution in [0.4, 0.5) is 13.2 Å². The van der Waals surface area contributed by atoms with Crippen LogP contribution in [0.5, 0.6) is 11.5 Å². The van der Waals surface area contributed by atoms with Crippen molar-refractivity contribution in [2.75, 3.05) is 13.4 Å². The second kappa shape index (κ2) is 9.66. The Hall–Kier alpha value is -3.08. The summed E-state index contributed by atoms with van der Waals surface area (Å²) >= 11 is 5.86. The fourth-order valence-electron chi connectivity index (χ4n) is 4.21. The van der Waals surface area contributed by atoms with Crippen molar-refractivity contribution in [3.05, 3.63) is 88.2 Å². The van der Waals surface area contributed by atoms with Crippen LogP contribution in [0.2, 0.25) is 5.02 Å². The molecule has 196 valence electrons. The highest BCUT2D eigenvalue weighted by molar-refractivity contribution is 7.90. The molecule has 4 rings (SSSR count). The molecule has 1 aliphatic carbocycles. The monoisotopic (exact) mass is 554 g/mol. The fourth-order valence-corrected chi connectivity index (χ4v) is 5.36. The van der Waals surface area contributed by atoms with E-state index >= 15 is 8.78 Å². The van der Waals surface area contributed by atoms with Gasteiger partial charge in [-0.15, -0.1) is 0 Å². The summed E-state index contributed by atoms with van der Waals surface area (Å²) in [6.45, 7) is 1.36. The van der Waals surface area contributed by atoms with Crippen molar-refractivity contribution in [1.29, 1.82) is 0 Å². The van der Waals surface area contributed by atoms with Crippen LogP contribution < -0.4 is 4.74 Å². The maximum Gasteiger partial charge on any atom is 0.343 e.